The van der Waals surface area contributed by atoms with Gasteiger partial charge in [0.25, 0.3) is 0 Å². The highest BCUT2D eigenvalue weighted by molar-refractivity contribution is 5.47. The molecule has 0 amide bonds. The number of hydrogen-bond acceptors (Lipinski definition) is 0. The van der Waals surface area contributed by atoms with Gasteiger partial charge in [0.05, 0.1) is 0 Å². The quantitative estimate of drug-likeness (QED) is 0.549. The summed E-state index contributed by atoms with van der Waals surface area (Å²) < 4.78 is 0. The topological polar surface area (TPSA) is 0 Å². The van der Waals surface area contributed by atoms with E-state index < -0.39 is 0 Å². The number of benzene rings is 1. The lowest BCUT2D eigenvalue weighted by atomic mass is 10.1. The van der Waals surface area contributed by atoms with Gasteiger partial charge in [-0.15, -0.1) is 0 Å². The number of hydrogen-bond donors (Lipinski definition) is 0. The summed E-state index contributed by atoms with van der Waals surface area (Å²) in [5, 5.41) is 0. The molecular formula is C10H11. The van der Waals surface area contributed by atoms with Gasteiger partial charge in [-0.05, 0) is 25.5 Å². The molecule has 0 aromatic heterocycles. The van der Waals surface area contributed by atoms with Crippen molar-refractivity contribution in [3.8, 4) is 0 Å². The van der Waals surface area contributed by atoms with Crippen LogP contribution in [0.1, 0.15) is 18.1 Å². The first-order valence-electron chi connectivity index (χ1n) is 3.40. The average molecular weight is 131 g/mol. The minimum atomic E-state index is 1.22. The third kappa shape index (κ3) is 1.73. The van der Waals surface area contributed by atoms with Crippen molar-refractivity contribution in [2.45, 2.75) is 13.8 Å². The monoisotopic (exact) mass is 131 g/mol. The lowest BCUT2D eigenvalue weighted by molar-refractivity contribution is 1.46. The van der Waals surface area contributed by atoms with Crippen LogP contribution in [0.25, 0.3) is 6.08 Å². The molecule has 10 heavy (non-hydrogen) atoms. The third-order valence-electron chi connectivity index (χ3n) is 1.35. The molecule has 0 aliphatic rings. The third-order valence-corrected chi connectivity index (χ3v) is 1.35. The summed E-state index contributed by atoms with van der Waals surface area (Å²) in [6, 6.07) is 8.35. The standard InChI is InChI=1S/C10H11/c1-3-5-10-7-4-6-9(2)8-10/h4-8H,1-2H3. The molecule has 0 heteroatoms. The van der Waals surface area contributed by atoms with Crippen molar-refractivity contribution in [1.29, 1.82) is 0 Å². The number of rotatable bonds is 1. The van der Waals surface area contributed by atoms with Gasteiger partial charge in [0.15, 0.2) is 0 Å². The van der Waals surface area contributed by atoms with Crippen LogP contribution in [0, 0.1) is 13.0 Å². The summed E-state index contributed by atoms with van der Waals surface area (Å²) in [5.74, 6) is 0. The Labute approximate surface area is 62.2 Å². The number of allylic oxidation sites excluding steroid dienone is 1. The van der Waals surface area contributed by atoms with Crippen LogP contribution in [0.3, 0.4) is 0 Å². The zero-order chi connectivity index (χ0) is 7.40. The van der Waals surface area contributed by atoms with Crippen LogP contribution in [0.2, 0.25) is 0 Å². The van der Waals surface area contributed by atoms with Gasteiger partial charge < -0.3 is 0 Å². The first-order valence-corrected chi connectivity index (χ1v) is 3.40. The molecule has 0 fully saturated rings. The Morgan fingerprint density at radius 2 is 2.20 bits per heavy atom. The second-order valence-electron chi connectivity index (χ2n) is 2.35. The summed E-state index contributed by atoms with van der Waals surface area (Å²) in [6.07, 6.45) is 4.97. The molecule has 1 aromatic carbocycles. The van der Waals surface area contributed by atoms with Crippen molar-refractivity contribution < 1.29 is 0 Å². The summed E-state index contributed by atoms with van der Waals surface area (Å²) in [4.78, 5) is 0. The van der Waals surface area contributed by atoms with E-state index in [1.807, 2.05) is 13.0 Å². The van der Waals surface area contributed by atoms with Gasteiger partial charge in [0.1, 0.15) is 0 Å². The molecule has 51 valence electrons. The van der Waals surface area contributed by atoms with Gasteiger partial charge in [0, 0.05) is 0 Å². The molecular weight excluding hydrogens is 120 g/mol. The molecule has 1 aromatic rings. The van der Waals surface area contributed by atoms with E-state index in [1.54, 1.807) is 0 Å². The van der Waals surface area contributed by atoms with Crippen LogP contribution in [0.5, 0.6) is 0 Å². The molecule has 0 spiro atoms. The largest absolute Gasteiger partial charge is 0.0614 e. The summed E-state index contributed by atoms with van der Waals surface area (Å²) in [7, 11) is 0. The van der Waals surface area contributed by atoms with Crippen molar-refractivity contribution in [2.75, 3.05) is 0 Å². The SMILES string of the molecule is C[C]=Cc1cccc(C)c1. The molecule has 0 heterocycles. The van der Waals surface area contributed by atoms with Gasteiger partial charge >= 0.3 is 0 Å². The van der Waals surface area contributed by atoms with E-state index in [1.165, 1.54) is 11.1 Å². The van der Waals surface area contributed by atoms with Crippen molar-refractivity contribution in [3.05, 3.63) is 41.5 Å². The molecule has 0 unspecified atom stereocenters. The fourth-order valence-electron chi connectivity index (χ4n) is 0.927. The molecule has 0 N–H and O–H groups in total. The van der Waals surface area contributed by atoms with Gasteiger partial charge in [0.2, 0.25) is 0 Å². The van der Waals surface area contributed by atoms with Crippen LogP contribution in [0.4, 0.5) is 0 Å². The van der Waals surface area contributed by atoms with E-state index in [0.717, 1.165) is 0 Å². The Kier molecular flexibility index (Phi) is 2.27. The van der Waals surface area contributed by atoms with Crippen molar-refractivity contribution in [1.82, 2.24) is 0 Å². The zero-order valence-corrected chi connectivity index (χ0v) is 6.39. The molecule has 0 nitrogen and oxygen atoms in total. The molecule has 0 aliphatic heterocycles. The van der Waals surface area contributed by atoms with Crippen LogP contribution >= 0.6 is 0 Å². The van der Waals surface area contributed by atoms with E-state index in [2.05, 4.69) is 37.3 Å². The minimum absolute atomic E-state index is 1.22. The predicted octanol–water partition coefficient (Wildman–Crippen LogP) is 2.83. The Bertz CT molecular complexity index is 234. The lowest BCUT2D eigenvalue weighted by Gasteiger charge is -1.93. The van der Waals surface area contributed by atoms with Crippen LogP contribution in [-0.4, -0.2) is 0 Å². The molecule has 0 aliphatic carbocycles. The van der Waals surface area contributed by atoms with E-state index in [0.29, 0.717) is 0 Å². The minimum Gasteiger partial charge on any atom is -0.0614 e. The predicted molar refractivity (Wildman–Crippen MR) is 44.6 cm³/mol. The number of aryl methyl sites for hydroxylation is 1. The maximum atomic E-state index is 2.99. The Morgan fingerprint density at radius 3 is 2.80 bits per heavy atom. The molecule has 1 rings (SSSR count). The fraction of sp³-hybridized carbons (Fsp3) is 0.200. The van der Waals surface area contributed by atoms with Crippen LogP contribution in [0.15, 0.2) is 24.3 Å². The van der Waals surface area contributed by atoms with Crippen LogP contribution in [-0.2, 0) is 0 Å². The first-order chi connectivity index (χ1) is 4.83. The zero-order valence-electron chi connectivity index (χ0n) is 6.39. The van der Waals surface area contributed by atoms with Crippen molar-refractivity contribution in [3.63, 3.8) is 0 Å². The smallest absolute Gasteiger partial charge is 0.0251 e. The second-order valence-corrected chi connectivity index (χ2v) is 2.35. The van der Waals surface area contributed by atoms with Gasteiger partial charge in [-0.25, -0.2) is 0 Å². The molecule has 0 atom stereocenters. The Hall–Kier alpha value is -1.04. The Morgan fingerprint density at radius 1 is 1.40 bits per heavy atom. The lowest BCUT2D eigenvalue weighted by Crippen LogP contribution is -1.73. The molecule has 0 saturated heterocycles. The second kappa shape index (κ2) is 3.21. The molecule has 0 bridgehead atoms. The average Bonchev–Trinajstić information content (AvgIpc) is 1.88. The van der Waals surface area contributed by atoms with E-state index in [9.17, 15) is 0 Å². The van der Waals surface area contributed by atoms with Gasteiger partial charge in [-0.1, -0.05) is 35.9 Å². The fourth-order valence-corrected chi connectivity index (χ4v) is 0.927. The normalized spacial score (nSPS) is 10.6. The summed E-state index contributed by atoms with van der Waals surface area (Å²) >= 11 is 0. The van der Waals surface area contributed by atoms with E-state index >= 15 is 0 Å². The van der Waals surface area contributed by atoms with E-state index in [4.69, 9.17) is 0 Å². The Balaban J connectivity index is 2.95. The van der Waals surface area contributed by atoms with Gasteiger partial charge in [-0.2, -0.15) is 0 Å². The molecule has 0 saturated carbocycles. The highest BCUT2D eigenvalue weighted by Gasteiger charge is 1.84. The first kappa shape index (κ1) is 7.07. The highest BCUT2D eigenvalue weighted by atomic mass is 13.9. The molecule has 1 radical (unpaired) electrons. The maximum Gasteiger partial charge on any atom is -0.0251 e. The summed E-state index contributed by atoms with van der Waals surface area (Å²) in [5.41, 5.74) is 2.52. The van der Waals surface area contributed by atoms with Crippen LogP contribution < -0.4 is 0 Å². The maximum absolute atomic E-state index is 2.99. The van der Waals surface area contributed by atoms with Crippen molar-refractivity contribution in [2.24, 2.45) is 0 Å². The van der Waals surface area contributed by atoms with Gasteiger partial charge in [-0.3, -0.25) is 0 Å². The van der Waals surface area contributed by atoms with E-state index in [-0.39, 0.29) is 0 Å². The highest BCUT2D eigenvalue weighted by Crippen LogP contribution is 2.04. The van der Waals surface area contributed by atoms with Crippen molar-refractivity contribution >= 4 is 6.08 Å². The summed E-state index contributed by atoms with van der Waals surface area (Å²) in [6.45, 7) is 4.00.